The number of carboxylic acids is 1. The summed E-state index contributed by atoms with van der Waals surface area (Å²) in [7, 11) is 0. The molecular formula is C13H20N4O4. The summed E-state index contributed by atoms with van der Waals surface area (Å²) in [4.78, 5) is 24.5. The highest BCUT2D eigenvalue weighted by atomic mass is 16.4. The molecule has 0 aromatic carbocycles. The van der Waals surface area contributed by atoms with Gasteiger partial charge in [-0.25, -0.2) is 0 Å². The maximum absolute atomic E-state index is 11.8. The van der Waals surface area contributed by atoms with E-state index in [2.05, 4.69) is 15.5 Å². The van der Waals surface area contributed by atoms with Gasteiger partial charge in [-0.3, -0.25) is 14.5 Å². The number of carbonyl (C=O) groups excluding carboxylic acids is 1. The van der Waals surface area contributed by atoms with Crippen molar-refractivity contribution in [2.75, 3.05) is 13.1 Å². The van der Waals surface area contributed by atoms with Gasteiger partial charge in [0, 0.05) is 18.5 Å². The van der Waals surface area contributed by atoms with Crippen LogP contribution in [-0.4, -0.2) is 51.2 Å². The van der Waals surface area contributed by atoms with Crippen LogP contribution in [0.2, 0.25) is 0 Å². The van der Waals surface area contributed by atoms with E-state index in [1.54, 1.807) is 4.90 Å². The van der Waals surface area contributed by atoms with Crippen molar-refractivity contribution in [2.24, 2.45) is 0 Å². The summed E-state index contributed by atoms with van der Waals surface area (Å²) in [6, 6.07) is -0.707. The quantitative estimate of drug-likeness (QED) is 0.813. The standard InChI is InChI=1S/C13H20N4O4/c1-13(2,3)12-16-15-9(21-12)7-17-5-4-14-11(20)8(17)6-10(18)19/h8H,4-7H2,1-3H3,(H,14,20)(H,18,19). The Balaban J connectivity index is 2.10. The van der Waals surface area contributed by atoms with E-state index in [4.69, 9.17) is 9.52 Å². The van der Waals surface area contributed by atoms with Gasteiger partial charge in [-0.15, -0.1) is 10.2 Å². The molecule has 1 fully saturated rings. The van der Waals surface area contributed by atoms with Crippen LogP contribution in [0.4, 0.5) is 0 Å². The van der Waals surface area contributed by atoms with Gasteiger partial charge in [-0.2, -0.15) is 0 Å². The fourth-order valence-corrected chi connectivity index (χ4v) is 2.13. The first-order chi connectivity index (χ1) is 9.77. The molecule has 1 unspecified atom stereocenters. The normalized spacial score (nSPS) is 20.3. The molecule has 0 spiro atoms. The molecule has 1 aliphatic heterocycles. The van der Waals surface area contributed by atoms with Crippen LogP contribution >= 0.6 is 0 Å². The van der Waals surface area contributed by atoms with E-state index >= 15 is 0 Å². The molecule has 8 nitrogen and oxygen atoms in total. The zero-order valence-corrected chi connectivity index (χ0v) is 12.4. The number of aliphatic carboxylic acids is 1. The zero-order valence-electron chi connectivity index (χ0n) is 12.4. The third kappa shape index (κ3) is 3.78. The van der Waals surface area contributed by atoms with Crippen LogP contribution in [0.3, 0.4) is 0 Å². The molecule has 0 aliphatic carbocycles. The molecule has 0 radical (unpaired) electrons. The number of nitrogens with zero attached hydrogens (tertiary/aromatic N) is 3. The molecular weight excluding hydrogens is 276 g/mol. The second-order valence-corrected chi connectivity index (χ2v) is 6.13. The van der Waals surface area contributed by atoms with E-state index in [9.17, 15) is 9.59 Å². The fourth-order valence-electron chi connectivity index (χ4n) is 2.13. The topological polar surface area (TPSA) is 109 Å². The average molecular weight is 296 g/mol. The number of carbonyl (C=O) groups is 2. The molecule has 1 atom stereocenters. The molecule has 116 valence electrons. The Kier molecular flexibility index (Phi) is 4.26. The molecule has 0 bridgehead atoms. The monoisotopic (exact) mass is 296 g/mol. The van der Waals surface area contributed by atoms with E-state index in [1.807, 2.05) is 20.8 Å². The van der Waals surface area contributed by atoms with Gasteiger partial charge >= 0.3 is 5.97 Å². The highest BCUT2D eigenvalue weighted by Crippen LogP contribution is 2.21. The van der Waals surface area contributed by atoms with Gasteiger partial charge in [0.05, 0.1) is 13.0 Å². The van der Waals surface area contributed by atoms with Crippen molar-refractivity contribution in [3.8, 4) is 0 Å². The van der Waals surface area contributed by atoms with Crippen molar-refractivity contribution in [3.63, 3.8) is 0 Å². The maximum Gasteiger partial charge on any atom is 0.305 e. The highest BCUT2D eigenvalue weighted by Gasteiger charge is 2.33. The van der Waals surface area contributed by atoms with Crippen molar-refractivity contribution < 1.29 is 19.1 Å². The van der Waals surface area contributed by atoms with Gasteiger partial charge in [-0.1, -0.05) is 20.8 Å². The van der Waals surface area contributed by atoms with Gasteiger partial charge in [0.25, 0.3) is 0 Å². The molecule has 1 saturated heterocycles. The molecule has 2 N–H and O–H groups in total. The number of aromatic nitrogens is 2. The van der Waals surface area contributed by atoms with Crippen LogP contribution in [0.15, 0.2) is 4.42 Å². The number of nitrogens with one attached hydrogen (secondary N) is 1. The van der Waals surface area contributed by atoms with Crippen LogP contribution in [-0.2, 0) is 21.5 Å². The summed E-state index contributed by atoms with van der Waals surface area (Å²) >= 11 is 0. The van der Waals surface area contributed by atoms with Crippen molar-refractivity contribution in [1.82, 2.24) is 20.4 Å². The minimum Gasteiger partial charge on any atom is -0.481 e. The first kappa shape index (κ1) is 15.4. The predicted molar refractivity (Wildman–Crippen MR) is 72.5 cm³/mol. The smallest absolute Gasteiger partial charge is 0.305 e. The molecule has 1 amide bonds. The Morgan fingerprint density at radius 3 is 2.76 bits per heavy atom. The SMILES string of the molecule is CC(C)(C)c1nnc(CN2CCNC(=O)C2CC(=O)O)o1. The molecule has 2 rings (SSSR count). The second-order valence-electron chi connectivity index (χ2n) is 6.13. The minimum absolute atomic E-state index is 0.244. The van der Waals surface area contributed by atoms with Crippen LogP contribution in [0, 0.1) is 0 Å². The summed E-state index contributed by atoms with van der Waals surface area (Å²) in [5.74, 6) is -0.374. The zero-order chi connectivity index (χ0) is 15.6. The summed E-state index contributed by atoms with van der Waals surface area (Å²) in [6.45, 7) is 7.20. The van der Waals surface area contributed by atoms with Crippen LogP contribution in [0.25, 0.3) is 0 Å². The number of rotatable bonds is 4. The van der Waals surface area contributed by atoms with E-state index in [1.165, 1.54) is 0 Å². The Hall–Kier alpha value is -1.96. The van der Waals surface area contributed by atoms with E-state index < -0.39 is 12.0 Å². The predicted octanol–water partition coefficient (Wildman–Crippen LogP) is 0.142. The summed E-state index contributed by atoms with van der Waals surface area (Å²) in [5.41, 5.74) is -0.245. The summed E-state index contributed by atoms with van der Waals surface area (Å²) < 4.78 is 5.60. The van der Waals surface area contributed by atoms with Crippen LogP contribution < -0.4 is 5.32 Å². The Morgan fingerprint density at radius 1 is 1.48 bits per heavy atom. The molecule has 0 saturated carbocycles. The maximum atomic E-state index is 11.8. The lowest BCUT2D eigenvalue weighted by molar-refractivity contribution is -0.143. The number of hydrogen-bond donors (Lipinski definition) is 2. The van der Waals surface area contributed by atoms with Crippen molar-refractivity contribution >= 4 is 11.9 Å². The molecule has 8 heteroatoms. The Bertz CT molecular complexity index is 535. The summed E-state index contributed by atoms with van der Waals surface area (Å²) in [6.07, 6.45) is -0.244. The minimum atomic E-state index is -1.01. The van der Waals surface area contributed by atoms with E-state index in [-0.39, 0.29) is 24.3 Å². The third-order valence-electron chi connectivity index (χ3n) is 3.26. The Morgan fingerprint density at radius 2 is 2.19 bits per heavy atom. The van der Waals surface area contributed by atoms with Crippen LogP contribution in [0.5, 0.6) is 0 Å². The van der Waals surface area contributed by atoms with Gasteiger partial charge in [0.1, 0.15) is 6.04 Å². The van der Waals surface area contributed by atoms with Crippen LogP contribution in [0.1, 0.15) is 39.0 Å². The molecule has 1 aromatic heterocycles. The first-order valence-electron chi connectivity index (χ1n) is 6.84. The molecule has 1 aromatic rings. The van der Waals surface area contributed by atoms with E-state index in [0.29, 0.717) is 24.9 Å². The molecule has 21 heavy (non-hydrogen) atoms. The number of piperazine rings is 1. The molecule has 2 heterocycles. The van der Waals surface area contributed by atoms with Crippen molar-refractivity contribution in [2.45, 2.75) is 45.2 Å². The summed E-state index contributed by atoms with van der Waals surface area (Å²) in [5, 5.41) is 19.6. The lowest BCUT2D eigenvalue weighted by atomic mass is 9.97. The second kappa shape index (κ2) is 5.80. The van der Waals surface area contributed by atoms with Gasteiger partial charge < -0.3 is 14.8 Å². The lowest BCUT2D eigenvalue weighted by Crippen LogP contribution is -2.55. The third-order valence-corrected chi connectivity index (χ3v) is 3.26. The fraction of sp³-hybridized carbons (Fsp3) is 0.692. The molecule has 1 aliphatic rings. The first-order valence-corrected chi connectivity index (χ1v) is 6.84. The average Bonchev–Trinajstić information content (AvgIpc) is 2.81. The lowest BCUT2D eigenvalue weighted by Gasteiger charge is -2.33. The number of amides is 1. The highest BCUT2D eigenvalue weighted by molar-refractivity contribution is 5.86. The van der Waals surface area contributed by atoms with Gasteiger partial charge in [0.15, 0.2) is 0 Å². The van der Waals surface area contributed by atoms with Crippen molar-refractivity contribution in [3.05, 3.63) is 11.8 Å². The van der Waals surface area contributed by atoms with Gasteiger partial charge in [0.2, 0.25) is 17.7 Å². The Labute approximate surface area is 122 Å². The van der Waals surface area contributed by atoms with Crippen molar-refractivity contribution in [1.29, 1.82) is 0 Å². The number of carboxylic acid groups (broad SMARTS) is 1. The number of hydrogen-bond acceptors (Lipinski definition) is 6. The largest absolute Gasteiger partial charge is 0.481 e. The van der Waals surface area contributed by atoms with Gasteiger partial charge in [-0.05, 0) is 0 Å². The van der Waals surface area contributed by atoms with E-state index in [0.717, 1.165) is 0 Å².